The summed E-state index contributed by atoms with van der Waals surface area (Å²) >= 11 is 1.48. The van der Waals surface area contributed by atoms with Gasteiger partial charge in [-0.25, -0.2) is 0 Å². The highest BCUT2D eigenvalue weighted by Crippen LogP contribution is 2.34. The van der Waals surface area contributed by atoms with Crippen molar-refractivity contribution in [3.05, 3.63) is 48.5 Å². The zero-order valence-corrected chi connectivity index (χ0v) is 16.5. The lowest BCUT2D eigenvalue weighted by molar-refractivity contribution is -0.130. The van der Waals surface area contributed by atoms with E-state index in [1.54, 1.807) is 38.4 Å². The van der Waals surface area contributed by atoms with Crippen molar-refractivity contribution in [2.75, 3.05) is 43.2 Å². The van der Waals surface area contributed by atoms with Crippen LogP contribution in [0.4, 0.5) is 11.4 Å². The molecule has 3 amide bonds. The summed E-state index contributed by atoms with van der Waals surface area (Å²) in [6.07, 6.45) is 0. The van der Waals surface area contributed by atoms with Crippen LogP contribution in [0.5, 0.6) is 5.75 Å². The number of nitrogens with one attached hydrogen (secondary N) is 1. The molecule has 3 rings (SSSR count). The van der Waals surface area contributed by atoms with E-state index in [0.29, 0.717) is 17.2 Å². The molecule has 2 aromatic rings. The van der Waals surface area contributed by atoms with E-state index >= 15 is 0 Å². The quantitative estimate of drug-likeness (QED) is 0.806. The molecular weight excluding hydrogens is 378 g/mol. The van der Waals surface area contributed by atoms with Crippen molar-refractivity contribution >= 4 is 40.9 Å². The second-order valence-corrected chi connectivity index (χ2v) is 7.40. The highest BCUT2D eigenvalue weighted by Gasteiger charge is 2.26. The predicted octanol–water partition coefficient (Wildman–Crippen LogP) is 2.23. The van der Waals surface area contributed by atoms with Gasteiger partial charge in [0.25, 0.3) is 5.91 Å². The fraction of sp³-hybridized carbons (Fsp3) is 0.250. The number of hydrogen-bond acceptors (Lipinski definition) is 5. The number of carbonyl (C=O) groups is 3. The van der Waals surface area contributed by atoms with Crippen LogP contribution >= 0.6 is 11.8 Å². The van der Waals surface area contributed by atoms with Gasteiger partial charge in [-0.15, -0.1) is 11.8 Å². The average Bonchev–Trinajstić information content (AvgIpc) is 2.69. The molecule has 7 nitrogen and oxygen atoms in total. The zero-order valence-electron chi connectivity index (χ0n) is 15.7. The van der Waals surface area contributed by atoms with Gasteiger partial charge in [0.15, 0.2) is 6.61 Å². The molecule has 1 aliphatic rings. The lowest BCUT2D eigenvalue weighted by Gasteiger charge is -2.28. The number of ether oxygens (including phenoxy) is 1. The van der Waals surface area contributed by atoms with Gasteiger partial charge in [-0.1, -0.05) is 12.1 Å². The number of carbonyl (C=O) groups excluding carboxylic acids is 3. The maximum absolute atomic E-state index is 12.4. The molecule has 0 spiro atoms. The van der Waals surface area contributed by atoms with Gasteiger partial charge in [-0.2, -0.15) is 0 Å². The Morgan fingerprint density at radius 2 is 1.86 bits per heavy atom. The Balaban J connectivity index is 1.58. The number of nitrogens with zero attached hydrogens (tertiary/aromatic N) is 2. The number of rotatable bonds is 6. The smallest absolute Gasteiger partial charge is 0.259 e. The van der Waals surface area contributed by atoms with E-state index < -0.39 is 0 Å². The second kappa shape index (κ2) is 8.79. The van der Waals surface area contributed by atoms with Crippen molar-refractivity contribution in [1.82, 2.24) is 4.90 Å². The molecule has 0 fully saturated rings. The van der Waals surface area contributed by atoms with Crippen molar-refractivity contribution < 1.29 is 19.1 Å². The van der Waals surface area contributed by atoms with Gasteiger partial charge < -0.3 is 19.9 Å². The van der Waals surface area contributed by atoms with E-state index in [4.69, 9.17) is 4.74 Å². The molecule has 28 heavy (non-hydrogen) atoms. The Morgan fingerprint density at radius 3 is 2.57 bits per heavy atom. The second-order valence-electron chi connectivity index (χ2n) is 6.39. The van der Waals surface area contributed by atoms with E-state index in [1.165, 1.54) is 21.6 Å². The van der Waals surface area contributed by atoms with E-state index in [9.17, 15) is 14.4 Å². The minimum Gasteiger partial charge on any atom is -0.484 e. The molecule has 2 aromatic carbocycles. The molecule has 0 bridgehead atoms. The average molecular weight is 399 g/mol. The lowest BCUT2D eigenvalue weighted by atomic mass is 10.2. The Kier molecular flexibility index (Phi) is 6.20. The maximum atomic E-state index is 12.4. The molecule has 0 aromatic heterocycles. The van der Waals surface area contributed by atoms with Gasteiger partial charge in [0.2, 0.25) is 11.8 Å². The summed E-state index contributed by atoms with van der Waals surface area (Å²) in [7, 11) is 3.32. The van der Waals surface area contributed by atoms with Gasteiger partial charge in [-0.3, -0.25) is 14.4 Å². The van der Waals surface area contributed by atoms with Crippen molar-refractivity contribution in [3.8, 4) is 5.75 Å². The number of fused-ring (bicyclic) bond motifs is 1. The fourth-order valence-corrected chi connectivity index (χ4v) is 3.52. The molecule has 0 unspecified atom stereocenters. The number of hydrogen-bond donors (Lipinski definition) is 1. The molecular formula is C20H21N3O4S. The number of amides is 3. The summed E-state index contributed by atoms with van der Waals surface area (Å²) in [6, 6.07) is 14.3. The van der Waals surface area contributed by atoms with Gasteiger partial charge in [0.05, 0.1) is 11.4 Å². The maximum Gasteiger partial charge on any atom is 0.259 e. The van der Waals surface area contributed by atoms with Crippen LogP contribution in [0, 0.1) is 0 Å². The first-order chi connectivity index (χ1) is 13.4. The van der Waals surface area contributed by atoms with Crippen LogP contribution in [0.1, 0.15) is 0 Å². The van der Waals surface area contributed by atoms with Gasteiger partial charge in [0, 0.05) is 24.7 Å². The van der Waals surface area contributed by atoms with Crippen molar-refractivity contribution in [1.29, 1.82) is 0 Å². The highest BCUT2D eigenvalue weighted by atomic mass is 32.2. The molecule has 0 saturated heterocycles. The largest absolute Gasteiger partial charge is 0.484 e. The lowest BCUT2D eigenvalue weighted by Crippen LogP contribution is -2.41. The zero-order chi connectivity index (χ0) is 20.1. The third-order valence-corrected chi connectivity index (χ3v) is 5.16. The van der Waals surface area contributed by atoms with Crippen molar-refractivity contribution in [2.24, 2.45) is 0 Å². The van der Waals surface area contributed by atoms with Crippen LogP contribution in [-0.2, 0) is 14.4 Å². The van der Waals surface area contributed by atoms with Crippen LogP contribution in [0.25, 0.3) is 0 Å². The van der Waals surface area contributed by atoms with Crippen LogP contribution < -0.4 is 15.0 Å². The van der Waals surface area contributed by atoms with E-state index in [1.807, 2.05) is 24.3 Å². The third kappa shape index (κ3) is 4.83. The topological polar surface area (TPSA) is 79.0 Å². The number of thioether (sulfide) groups is 1. The first kappa shape index (κ1) is 19.8. The summed E-state index contributed by atoms with van der Waals surface area (Å²) in [4.78, 5) is 40.1. The van der Waals surface area contributed by atoms with Crippen LogP contribution in [0.3, 0.4) is 0 Å². The monoisotopic (exact) mass is 399 g/mol. The van der Waals surface area contributed by atoms with Gasteiger partial charge in [0.1, 0.15) is 12.3 Å². The number of benzene rings is 2. The first-order valence-corrected chi connectivity index (χ1v) is 9.67. The van der Waals surface area contributed by atoms with Crippen LogP contribution in [0.15, 0.2) is 53.4 Å². The fourth-order valence-electron chi connectivity index (χ4n) is 2.58. The molecule has 0 aliphatic carbocycles. The third-order valence-electron chi connectivity index (χ3n) is 4.11. The van der Waals surface area contributed by atoms with E-state index in [2.05, 4.69) is 5.32 Å². The first-order valence-electron chi connectivity index (χ1n) is 8.69. The Morgan fingerprint density at radius 1 is 1.14 bits per heavy atom. The van der Waals surface area contributed by atoms with E-state index in [-0.39, 0.29) is 30.9 Å². The molecule has 1 heterocycles. The summed E-state index contributed by atoms with van der Waals surface area (Å²) in [5.74, 6) is 0.342. The minimum absolute atomic E-state index is 0.0484. The minimum atomic E-state index is -0.286. The number of anilines is 2. The Hall–Kier alpha value is -3.00. The molecule has 1 aliphatic heterocycles. The molecule has 0 saturated carbocycles. The summed E-state index contributed by atoms with van der Waals surface area (Å²) in [6.45, 7) is -0.0980. The summed E-state index contributed by atoms with van der Waals surface area (Å²) in [5.41, 5.74) is 1.34. The Bertz CT molecular complexity index is 883. The standard InChI is InChI=1S/C20H21N3O4S/c1-22(2)19(25)12-27-15-9-7-14(8-10-15)21-18(24)11-23-16-5-3-4-6-17(16)28-13-20(23)26/h3-10H,11-13H2,1-2H3,(H,21,24). The summed E-state index contributed by atoms with van der Waals surface area (Å²) in [5, 5.41) is 2.78. The van der Waals surface area contributed by atoms with Crippen LogP contribution in [0.2, 0.25) is 0 Å². The highest BCUT2D eigenvalue weighted by molar-refractivity contribution is 8.00. The van der Waals surface area contributed by atoms with Crippen molar-refractivity contribution in [2.45, 2.75) is 4.90 Å². The van der Waals surface area contributed by atoms with E-state index in [0.717, 1.165) is 10.6 Å². The predicted molar refractivity (Wildman–Crippen MR) is 109 cm³/mol. The van der Waals surface area contributed by atoms with Gasteiger partial charge in [-0.05, 0) is 36.4 Å². The SMILES string of the molecule is CN(C)C(=O)COc1ccc(NC(=O)CN2C(=O)CSc3ccccc32)cc1. The Labute approximate surface area is 167 Å². The van der Waals surface area contributed by atoms with Gasteiger partial charge >= 0.3 is 0 Å². The molecule has 1 N–H and O–H groups in total. The number of likely N-dealkylation sites (N-methyl/N-ethyl adjacent to an activating group) is 1. The molecule has 0 atom stereocenters. The number of para-hydroxylation sites is 1. The normalized spacial score (nSPS) is 12.9. The summed E-state index contributed by atoms with van der Waals surface area (Å²) < 4.78 is 5.40. The van der Waals surface area contributed by atoms with Crippen LogP contribution in [-0.4, -0.2) is 55.6 Å². The molecule has 8 heteroatoms. The van der Waals surface area contributed by atoms with Crippen molar-refractivity contribution in [3.63, 3.8) is 0 Å². The molecule has 146 valence electrons. The molecule has 0 radical (unpaired) electrons.